The van der Waals surface area contributed by atoms with E-state index in [0.717, 1.165) is 12.8 Å². The number of unbranched alkanes of at least 4 members (excludes halogenated alkanes) is 28. The molecule has 0 bridgehead atoms. The highest BCUT2D eigenvalue weighted by atomic mass is 16.3. The Morgan fingerprint density at radius 1 is 0.489 bits per heavy atom. The van der Waals surface area contributed by atoms with Gasteiger partial charge in [0.2, 0.25) is 0 Å². The fourth-order valence-electron chi connectivity index (χ4n) is 6.74. The number of fused-ring (bicyclic) bond motifs is 1. The standard InChI is InChI=1S/C41H70O4/c1-3-4-5-6-7-8-9-10-11-12-13-14-15-16-17-18-19-20-21-22-23-24-25-26-27-28-29-30-31-32-36-33-38(43)40-39(44)34-37(42)35(2)41(40)45-36/h33-34,42,44H,3-32H2,1-2H3. The Hall–Kier alpha value is -1.97. The van der Waals surface area contributed by atoms with Gasteiger partial charge in [0, 0.05) is 24.1 Å². The van der Waals surface area contributed by atoms with Crippen LogP contribution in [0.5, 0.6) is 11.5 Å². The van der Waals surface area contributed by atoms with Crippen molar-refractivity contribution in [2.24, 2.45) is 0 Å². The summed E-state index contributed by atoms with van der Waals surface area (Å²) >= 11 is 0. The normalized spacial score (nSPS) is 11.6. The molecule has 1 aromatic heterocycles. The van der Waals surface area contributed by atoms with E-state index in [-0.39, 0.29) is 22.3 Å². The molecule has 0 aliphatic rings. The van der Waals surface area contributed by atoms with E-state index in [4.69, 9.17) is 4.42 Å². The first-order valence-electron chi connectivity index (χ1n) is 19.5. The molecule has 0 unspecified atom stereocenters. The zero-order valence-corrected chi connectivity index (χ0v) is 29.6. The molecule has 0 spiro atoms. The highest BCUT2D eigenvalue weighted by Gasteiger charge is 2.14. The van der Waals surface area contributed by atoms with Crippen LogP contribution in [0.25, 0.3) is 11.0 Å². The van der Waals surface area contributed by atoms with Crippen molar-refractivity contribution in [1.29, 1.82) is 0 Å². The molecule has 4 nitrogen and oxygen atoms in total. The number of rotatable bonds is 30. The zero-order chi connectivity index (χ0) is 32.4. The van der Waals surface area contributed by atoms with Crippen LogP contribution in [0.4, 0.5) is 0 Å². The monoisotopic (exact) mass is 627 g/mol. The van der Waals surface area contributed by atoms with Gasteiger partial charge in [-0.3, -0.25) is 4.79 Å². The number of phenolic OH excluding ortho intramolecular Hbond substituents is 2. The molecule has 2 rings (SSSR count). The van der Waals surface area contributed by atoms with Crippen LogP contribution in [0, 0.1) is 6.92 Å². The molecule has 0 saturated carbocycles. The molecule has 1 aromatic carbocycles. The van der Waals surface area contributed by atoms with Crippen LogP contribution in [0.1, 0.15) is 204 Å². The van der Waals surface area contributed by atoms with Gasteiger partial charge in [0.15, 0.2) is 5.43 Å². The van der Waals surface area contributed by atoms with E-state index in [1.807, 2.05) is 0 Å². The van der Waals surface area contributed by atoms with Gasteiger partial charge in [-0.1, -0.05) is 187 Å². The van der Waals surface area contributed by atoms with Gasteiger partial charge in [-0.05, 0) is 13.3 Å². The Morgan fingerprint density at radius 2 is 0.822 bits per heavy atom. The lowest BCUT2D eigenvalue weighted by Crippen LogP contribution is -2.03. The number of aromatic hydroxyl groups is 2. The van der Waals surface area contributed by atoms with Crippen LogP contribution in [-0.4, -0.2) is 10.2 Å². The summed E-state index contributed by atoms with van der Waals surface area (Å²) in [6, 6.07) is 2.69. The molecule has 2 N–H and O–H groups in total. The van der Waals surface area contributed by atoms with Gasteiger partial charge in [-0.15, -0.1) is 0 Å². The van der Waals surface area contributed by atoms with Crippen LogP contribution in [0.3, 0.4) is 0 Å². The molecule has 45 heavy (non-hydrogen) atoms. The molecule has 0 aliphatic carbocycles. The van der Waals surface area contributed by atoms with E-state index < -0.39 is 0 Å². The first-order valence-corrected chi connectivity index (χ1v) is 19.5. The molecule has 0 fully saturated rings. The number of benzene rings is 1. The van der Waals surface area contributed by atoms with E-state index in [9.17, 15) is 15.0 Å². The molecular weight excluding hydrogens is 556 g/mol. The lowest BCUT2D eigenvalue weighted by Gasteiger charge is -2.08. The maximum absolute atomic E-state index is 12.4. The summed E-state index contributed by atoms with van der Waals surface area (Å²) in [5.74, 6) is 0.348. The van der Waals surface area contributed by atoms with E-state index >= 15 is 0 Å². The second-order valence-electron chi connectivity index (χ2n) is 14.0. The molecule has 0 amide bonds. The first-order chi connectivity index (χ1) is 22.0. The second-order valence-corrected chi connectivity index (χ2v) is 14.0. The zero-order valence-electron chi connectivity index (χ0n) is 29.6. The number of phenols is 2. The molecular formula is C41H70O4. The van der Waals surface area contributed by atoms with Crippen molar-refractivity contribution in [3.05, 3.63) is 33.7 Å². The van der Waals surface area contributed by atoms with Crippen molar-refractivity contribution < 1.29 is 14.6 Å². The van der Waals surface area contributed by atoms with Crippen molar-refractivity contribution in [3.63, 3.8) is 0 Å². The molecule has 0 radical (unpaired) electrons. The minimum absolute atomic E-state index is 0.0546. The van der Waals surface area contributed by atoms with Gasteiger partial charge in [-0.2, -0.15) is 0 Å². The van der Waals surface area contributed by atoms with E-state index in [0.29, 0.717) is 23.3 Å². The highest BCUT2D eigenvalue weighted by molar-refractivity contribution is 5.87. The minimum Gasteiger partial charge on any atom is -0.507 e. The summed E-state index contributed by atoms with van der Waals surface area (Å²) < 4.78 is 5.88. The molecule has 0 atom stereocenters. The third-order valence-electron chi connectivity index (χ3n) is 9.78. The lowest BCUT2D eigenvalue weighted by atomic mass is 10.0. The topological polar surface area (TPSA) is 70.7 Å². The van der Waals surface area contributed by atoms with Crippen molar-refractivity contribution in [2.45, 2.75) is 206 Å². The quantitative estimate of drug-likeness (QED) is 0.0846. The maximum atomic E-state index is 12.4. The third kappa shape index (κ3) is 18.1. The first kappa shape index (κ1) is 39.2. The lowest BCUT2D eigenvalue weighted by molar-refractivity contribution is 0.446. The van der Waals surface area contributed by atoms with Gasteiger partial charge >= 0.3 is 0 Å². The summed E-state index contributed by atoms with van der Waals surface area (Å²) in [4.78, 5) is 12.4. The van der Waals surface area contributed by atoms with Crippen LogP contribution >= 0.6 is 0 Å². The molecule has 0 aliphatic heterocycles. The Morgan fingerprint density at radius 3 is 1.18 bits per heavy atom. The Bertz CT molecular complexity index is 1060. The second kappa shape index (κ2) is 26.1. The Labute approximate surface area is 276 Å². The number of hydrogen-bond donors (Lipinski definition) is 2. The van der Waals surface area contributed by atoms with Crippen LogP contribution in [-0.2, 0) is 6.42 Å². The minimum atomic E-state index is -0.248. The van der Waals surface area contributed by atoms with Gasteiger partial charge < -0.3 is 14.6 Å². The molecule has 258 valence electrons. The third-order valence-corrected chi connectivity index (χ3v) is 9.78. The summed E-state index contributed by atoms with van der Waals surface area (Å²) in [5, 5.41) is 20.1. The largest absolute Gasteiger partial charge is 0.507 e. The van der Waals surface area contributed by atoms with Crippen LogP contribution < -0.4 is 5.43 Å². The van der Waals surface area contributed by atoms with Gasteiger partial charge in [0.05, 0.1) is 0 Å². The molecule has 2 aromatic rings. The van der Waals surface area contributed by atoms with Gasteiger partial charge in [-0.25, -0.2) is 0 Å². The molecule has 0 saturated heterocycles. The SMILES string of the molecule is CCCCCCCCCCCCCCCCCCCCCCCCCCCCCCCc1cc(=O)c2c(O)cc(O)c(C)c2o1. The average molecular weight is 627 g/mol. The van der Waals surface area contributed by atoms with Crippen molar-refractivity contribution in [2.75, 3.05) is 0 Å². The predicted molar refractivity (Wildman–Crippen MR) is 194 cm³/mol. The van der Waals surface area contributed by atoms with Crippen molar-refractivity contribution in [1.82, 2.24) is 0 Å². The molecule has 1 heterocycles. The Kier molecular flexibility index (Phi) is 22.8. The Balaban J connectivity index is 1.28. The smallest absolute Gasteiger partial charge is 0.196 e. The van der Waals surface area contributed by atoms with E-state index in [1.165, 1.54) is 185 Å². The van der Waals surface area contributed by atoms with Crippen molar-refractivity contribution in [3.8, 4) is 11.5 Å². The number of aryl methyl sites for hydroxylation is 2. The summed E-state index contributed by atoms with van der Waals surface area (Å²) in [5.41, 5.74) is 0.542. The summed E-state index contributed by atoms with van der Waals surface area (Å²) in [7, 11) is 0. The van der Waals surface area contributed by atoms with Gasteiger partial charge in [0.25, 0.3) is 0 Å². The highest BCUT2D eigenvalue weighted by Crippen LogP contribution is 2.32. The van der Waals surface area contributed by atoms with Crippen LogP contribution in [0.2, 0.25) is 0 Å². The summed E-state index contributed by atoms with van der Waals surface area (Å²) in [6.07, 6.45) is 41.1. The predicted octanol–water partition coefficient (Wildman–Crippen LogP) is 13.4. The number of hydrogen-bond acceptors (Lipinski definition) is 4. The van der Waals surface area contributed by atoms with Crippen LogP contribution in [0.15, 0.2) is 21.3 Å². The van der Waals surface area contributed by atoms with E-state index in [1.54, 1.807) is 6.92 Å². The fourth-order valence-corrected chi connectivity index (χ4v) is 6.74. The summed E-state index contributed by atoms with van der Waals surface area (Å²) in [6.45, 7) is 4.00. The molecule has 4 heteroatoms. The van der Waals surface area contributed by atoms with Gasteiger partial charge in [0.1, 0.15) is 28.2 Å². The average Bonchev–Trinajstić information content (AvgIpc) is 3.02. The van der Waals surface area contributed by atoms with E-state index in [2.05, 4.69) is 6.92 Å². The van der Waals surface area contributed by atoms with Crippen molar-refractivity contribution >= 4 is 11.0 Å². The maximum Gasteiger partial charge on any atom is 0.196 e. The fraction of sp³-hybridized carbons (Fsp3) is 0.780.